The van der Waals surface area contributed by atoms with Crippen LogP contribution in [0.25, 0.3) is 22.2 Å². The summed E-state index contributed by atoms with van der Waals surface area (Å²) < 4.78 is 1.69. The van der Waals surface area contributed by atoms with Crippen molar-refractivity contribution in [3.63, 3.8) is 0 Å². The van der Waals surface area contributed by atoms with Gasteiger partial charge in [-0.1, -0.05) is 30.3 Å². The second kappa shape index (κ2) is 12.8. The number of nitrogens with zero attached hydrogens (tertiary/aromatic N) is 4. The van der Waals surface area contributed by atoms with Crippen molar-refractivity contribution in [1.29, 1.82) is 0 Å². The molecule has 9 heteroatoms. The molecule has 0 radical (unpaired) electrons. The first-order valence-corrected chi connectivity index (χ1v) is 15.7. The average Bonchev–Trinajstić information content (AvgIpc) is 3.02. The van der Waals surface area contributed by atoms with E-state index in [1.165, 1.54) is 5.56 Å². The Morgan fingerprint density at radius 3 is 2.56 bits per heavy atom. The highest BCUT2D eigenvalue weighted by atomic mass is 35.5. The maximum absolute atomic E-state index is 13.7. The molecule has 2 saturated heterocycles. The Morgan fingerprint density at radius 1 is 1.07 bits per heavy atom. The predicted octanol–water partition coefficient (Wildman–Crippen LogP) is 6.75. The lowest BCUT2D eigenvalue weighted by Gasteiger charge is -2.35. The normalized spacial score (nSPS) is 17.7. The van der Waals surface area contributed by atoms with Gasteiger partial charge in [-0.3, -0.25) is 9.36 Å². The Balaban J connectivity index is 1.23. The van der Waals surface area contributed by atoms with Crippen LogP contribution in [-0.2, 0) is 6.54 Å². The predicted molar refractivity (Wildman–Crippen MR) is 178 cm³/mol. The molecule has 1 unspecified atom stereocenters. The average molecular weight is 598 g/mol. The number of hydrogen-bond acceptors (Lipinski definition) is 7. The quantitative estimate of drug-likeness (QED) is 0.207. The standard InChI is InChI=1S/C34H40ClN7O/c1-4-42-32-25(20-37-34(40-32)39-27-10-8-26(9-11-27)38-28-13-15-36-16-14-28)18-30(33(42)43)29-12-7-23(19-31(29)35)24-6-5-17-41(21-24)22(2)3/h7-12,18-20,24,28,36,38H,2,4-6,13-17,21H2,1,3H3,(H,37,39,40). The lowest BCUT2D eigenvalue weighted by Crippen LogP contribution is -2.35. The van der Waals surface area contributed by atoms with Gasteiger partial charge < -0.3 is 20.9 Å². The van der Waals surface area contributed by atoms with Crippen molar-refractivity contribution in [3.8, 4) is 11.1 Å². The van der Waals surface area contributed by atoms with E-state index in [0.717, 1.165) is 79.9 Å². The highest BCUT2D eigenvalue weighted by molar-refractivity contribution is 6.33. The number of fused-ring (bicyclic) bond motifs is 1. The molecule has 2 fully saturated rings. The molecule has 2 aliphatic rings. The number of aryl methyl sites for hydroxylation is 1. The third-order valence-electron chi connectivity index (χ3n) is 8.71. The van der Waals surface area contributed by atoms with Gasteiger partial charge in [0.2, 0.25) is 5.95 Å². The van der Waals surface area contributed by atoms with Gasteiger partial charge >= 0.3 is 0 Å². The number of halogens is 1. The molecule has 0 amide bonds. The third-order valence-corrected chi connectivity index (χ3v) is 9.02. The summed E-state index contributed by atoms with van der Waals surface area (Å²) in [5.74, 6) is 0.835. The number of pyridine rings is 1. The molecule has 0 saturated carbocycles. The Kier molecular flexibility index (Phi) is 8.68. The maximum atomic E-state index is 13.7. The molecule has 0 aliphatic carbocycles. The highest BCUT2D eigenvalue weighted by Crippen LogP contribution is 2.34. The van der Waals surface area contributed by atoms with E-state index >= 15 is 0 Å². The molecule has 3 N–H and O–H groups in total. The largest absolute Gasteiger partial charge is 0.382 e. The molecule has 4 heterocycles. The number of nitrogens with one attached hydrogen (secondary N) is 3. The molecule has 2 aromatic carbocycles. The summed E-state index contributed by atoms with van der Waals surface area (Å²) in [6, 6.07) is 16.7. The van der Waals surface area contributed by atoms with E-state index in [1.807, 2.05) is 37.3 Å². The SMILES string of the molecule is C=C(C)N1CCCC(c2ccc(-c3cc4cnc(Nc5ccc(NC6CCNCC6)cc5)nc4n(CC)c3=O)c(Cl)c2)C1. The van der Waals surface area contributed by atoms with Gasteiger partial charge in [-0.15, -0.1) is 0 Å². The molecule has 0 spiro atoms. The minimum atomic E-state index is -0.117. The summed E-state index contributed by atoms with van der Waals surface area (Å²) in [6.45, 7) is 12.7. The molecular weight excluding hydrogens is 558 g/mol. The fourth-order valence-electron chi connectivity index (χ4n) is 6.29. The van der Waals surface area contributed by atoms with Gasteiger partial charge in [0.1, 0.15) is 5.65 Å². The number of benzene rings is 2. The first kappa shape index (κ1) is 29.2. The van der Waals surface area contributed by atoms with E-state index in [1.54, 1.807) is 10.8 Å². The van der Waals surface area contributed by atoms with Gasteiger partial charge in [0.25, 0.3) is 5.56 Å². The van der Waals surface area contributed by atoms with Gasteiger partial charge in [0.15, 0.2) is 0 Å². The molecule has 43 heavy (non-hydrogen) atoms. The van der Waals surface area contributed by atoms with E-state index in [4.69, 9.17) is 16.6 Å². The van der Waals surface area contributed by atoms with Crippen LogP contribution in [0.1, 0.15) is 51.0 Å². The van der Waals surface area contributed by atoms with Crippen LogP contribution < -0.4 is 21.5 Å². The first-order valence-electron chi connectivity index (χ1n) is 15.3. The van der Waals surface area contributed by atoms with Crippen molar-refractivity contribution in [1.82, 2.24) is 24.8 Å². The van der Waals surface area contributed by atoms with Gasteiger partial charge in [-0.05, 0) is 94.6 Å². The lowest BCUT2D eigenvalue weighted by molar-refractivity contribution is 0.260. The van der Waals surface area contributed by atoms with Crippen molar-refractivity contribution >= 4 is 40.0 Å². The van der Waals surface area contributed by atoms with Crippen LogP contribution in [0.3, 0.4) is 0 Å². The molecule has 1 atom stereocenters. The zero-order chi connectivity index (χ0) is 29.9. The molecule has 2 aromatic heterocycles. The van der Waals surface area contributed by atoms with E-state index in [0.29, 0.717) is 40.7 Å². The smallest absolute Gasteiger partial charge is 0.260 e. The van der Waals surface area contributed by atoms with E-state index in [-0.39, 0.29) is 5.56 Å². The minimum absolute atomic E-state index is 0.117. The summed E-state index contributed by atoms with van der Waals surface area (Å²) in [6.07, 6.45) is 6.26. The van der Waals surface area contributed by atoms with Crippen molar-refractivity contribution in [2.75, 3.05) is 36.8 Å². The van der Waals surface area contributed by atoms with E-state index in [9.17, 15) is 4.79 Å². The van der Waals surface area contributed by atoms with Crippen LogP contribution in [0, 0.1) is 0 Å². The molecular formula is C34H40ClN7O. The molecule has 8 nitrogen and oxygen atoms in total. The minimum Gasteiger partial charge on any atom is -0.382 e. The summed E-state index contributed by atoms with van der Waals surface area (Å²) in [7, 11) is 0. The Labute approximate surface area is 258 Å². The summed E-state index contributed by atoms with van der Waals surface area (Å²) in [5, 5.41) is 11.7. The number of hydrogen-bond donors (Lipinski definition) is 3. The van der Waals surface area contributed by atoms with Crippen LogP contribution in [0.5, 0.6) is 0 Å². The number of aromatic nitrogens is 3. The fourth-order valence-corrected chi connectivity index (χ4v) is 6.58. The molecule has 0 bridgehead atoms. The summed E-state index contributed by atoms with van der Waals surface area (Å²) >= 11 is 6.85. The van der Waals surface area contributed by atoms with E-state index < -0.39 is 0 Å². The van der Waals surface area contributed by atoms with Gasteiger partial charge in [-0.25, -0.2) is 4.98 Å². The van der Waals surface area contributed by atoms with Crippen LogP contribution in [-0.4, -0.2) is 51.7 Å². The highest BCUT2D eigenvalue weighted by Gasteiger charge is 2.23. The number of allylic oxidation sites excluding steroid dienone is 1. The van der Waals surface area contributed by atoms with Crippen molar-refractivity contribution in [3.05, 3.63) is 87.9 Å². The van der Waals surface area contributed by atoms with Gasteiger partial charge in [-0.2, -0.15) is 4.98 Å². The zero-order valence-electron chi connectivity index (χ0n) is 25.0. The number of likely N-dealkylation sites (tertiary alicyclic amines) is 1. The van der Waals surface area contributed by atoms with Crippen LogP contribution in [0.15, 0.2) is 71.8 Å². The second-order valence-electron chi connectivity index (χ2n) is 11.7. The van der Waals surface area contributed by atoms with Gasteiger partial charge in [0, 0.05) is 76.4 Å². The Morgan fingerprint density at radius 2 is 1.84 bits per heavy atom. The Bertz CT molecular complexity index is 1680. The fraction of sp³-hybridized carbons (Fsp3) is 0.382. The second-order valence-corrected chi connectivity index (χ2v) is 12.1. The third kappa shape index (κ3) is 6.40. The Hall–Kier alpha value is -3.88. The van der Waals surface area contributed by atoms with Crippen LogP contribution in [0.2, 0.25) is 5.02 Å². The molecule has 224 valence electrons. The lowest BCUT2D eigenvalue weighted by atomic mass is 9.89. The molecule has 2 aliphatic heterocycles. The monoisotopic (exact) mass is 597 g/mol. The topological polar surface area (TPSA) is 87.1 Å². The maximum Gasteiger partial charge on any atom is 0.260 e. The zero-order valence-corrected chi connectivity index (χ0v) is 25.8. The molecule has 4 aromatic rings. The van der Waals surface area contributed by atoms with Crippen LogP contribution >= 0.6 is 11.6 Å². The van der Waals surface area contributed by atoms with E-state index in [2.05, 4.69) is 57.5 Å². The van der Waals surface area contributed by atoms with Gasteiger partial charge in [0.05, 0.1) is 0 Å². The summed E-state index contributed by atoms with van der Waals surface area (Å²) in [4.78, 5) is 25.4. The first-order chi connectivity index (χ1) is 20.9. The number of rotatable bonds is 8. The summed E-state index contributed by atoms with van der Waals surface area (Å²) in [5.41, 5.74) is 6.04. The number of anilines is 3. The molecule has 6 rings (SSSR count). The van der Waals surface area contributed by atoms with Crippen molar-refractivity contribution in [2.24, 2.45) is 0 Å². The van der Waals surface area contributed by atoms with Crippen molar-refractivity contribution < 1.29 is 0 Å². The van der Waals surface area contributed by atoms with Crippen molar-refractivity contribution in [2.45, 2.75) is 58.0 Å². The van der Waals surface area contributed by atoms with Crippen LogP contribution in [0.4, 0.5) is 17.3 Å². The number of piperidine rings is 2.